The summed E-state index contributed by atoms with van der Waals surface area (Å²) in [5.74, 6) is 0.552. The molecule has 4 heteroatoms. The first-order chi connectivity index (χ1) is 6.69. The third kappa shape index (κ3) is 2.77. The highest BCUT2D eigenvalue weighted by molar-refractivity contribution is 6.37. The molecule has 1 aromatic rings. The van der Waals surface area contributed by atoms with Gasteiger partial charge in [-0.15, -0.1) is 0 Å². The third-order valence-corrected chi connectivity index (χ3v) is 2.34. The van der Waals surface area contributed by atoms with Crippen molar-refractivity contribution in [1.82, 2.24) is 0 Å². The lowest BCUT2D eigenvalue weighted by Gasteiger charge is -2.09. The Morgan fingerprint density at radius 2 is 1.86 bits per heavy atom. The summed E-state index contributed by atoms with van der Waals surface area (Å²) in [6.45, 7) is 3.02. The van der Waals surface area contributed by atoms with Crippen molar-refractivity contribution in [2.45, 2.75) is 13.3 Å². The molecule has 0 amide bonds. The van der Waals surface area contributed by atoms with E-state index < -0.39 is 0 Å². The molecular formula is C10H13Cl2NO. The molecule has 0 aliphatic carbocycles. The smallest absolute Gasteiger partial charge is 0.156 e. The molecule has 0 saturated carbocycles. The average molecular weight is 234 g/mol. The molecule has 0 radical (unpaired) electrons. The van der Waals surface area contributed by atoms with Crippen LogP contribution >= 0.6 is 23.2 Å². The van der Waals surface area contributed by atoms with Gasteiger partial charge in [0.25, 0.3) is 0 Å². The molecular weight excluding hydrogens is 221 g/mol. The van der Waals surface area contributed by atoms with Crippen molar-refractivity contribution in [3.63, 3.8) is 0 Å². The van der Waals surface area contributed by atoms with Gasteiger partial charge in [0.15, 0.2) is 5.75 Å². The maximum atomic E-state index is 6.00. The van der Waals surface area contributed by atoms with E-state index in [9.17, 15) is 0 Å². The van der Waals surface area contributed by atoms with E-state index in [0.717, 1.165) is 12.0 Å². The predicted molar refractivity (Wildman–Crippen MR) is 60.4 cm³/mol. The van der Waals surface area contributed by atoms with Crippen LogP contribution in [0, 0.1) is 0 Å². The highest BCUT2D eigenvalue weighted by Gasteiger charge is 2.08. The van der Waals surface area contributed by atoms with Crippen LogP contribution in [0.4, 0.5) is 0 Å². The van der Waals surface area contributed by atoms with E-state index in [1.54, 1.807) is 0 Å². The van der Waals surface area contributed by atoms with Gasteiger partial charge in [-0.25, -0.2) is 0 Å². The van der Waals surface area contributed by atoms with Crippen molar-refractivity contribution in [3.8, 4) is 5.75 Å². The minimum Gasteiger partial charge on any atom is -0.491 e. The Morgan fingerprint density at radius 1 is 1.29 bits per heavy atom. The fraction of sp³-hybridized carbons (Fsp3) is 0.400. The van der Waals surface area contributed by atoms with Crippen molar-refractivity contribution in [2.24, 2.45) is 5.73 Å². The number of nitrogens with two attached hydrogens (primary N) is 1. The molecule has 0 aromatic heterocycles. The summed E-state index contributed by atoms with van der Waals surface area (Å²) in [7, 11) is 0. The minimum atomic E-state index is 0.544. The van der Waals surface area contributed by atoms with Gasteiger partial charge >= 0.3 is 0 Å². The molecule has 14 heavy (non-hydrogen) atoms. The Morgan fingerprint density at radius 3 is 2.29 bits per heavy atom. The van der Waals surface area contributed by atoms with Crippen molar-refractivity contribution in [2.75, 3.05) is 13.2 Å². The summed E-state index contributed by atoms with van der Waals surface area (Å²) in [6.07, 6.45) is 0.770. The zero-order valence-electron chi connectivity index (χ0n) is 8.02. The summed E-state index contributed by atoms with van der Waals surface area (Å²) in [5.41, 5.74) is 6.47. The van der Waals surface area contributed by atoms with Gasteiger partial charge < -0.3 is 10.5 Å². The van der Waals surface area contributed by atoms with E-state index >= 15 is 0 Å². The van der Waals surface area contributed by atoms with Crippen LogP contribution in [-0.4, -0.2) is 13.2 Å². The zero-order valence-corrected chi connectivity index (χ0v) is 9.53. The van der Waals surface area contributed by atoms with Crippen LogP contribution in [0.1, 0.15) is 12.5 Å². The van der Waals surface area contributed by atoms with Crippen LogP contribution < -0.4 is 10.5 Å². The second-order valence-corrected chi connectivity index (χ2v) is 3.67. The molecule has 0 spiro atoms. The fourth-order valence-corrected chi connectivity index (χ4v) is 1.85. The monoisotopic (exact) mass is 233 g/mol. The van der Waals surface area contributed by atoms with Crippen molar-refractivity contribution in [1.29, 1.82) is 0 Å². The Labute approximate surface area is 94.0 Å². The van der Waals surface area contributed by atoms with Gasteiger partial charge in [0.1, 0.15) is 0 Å². The molecule has 2 N–H and O–H groups in total. The lowest BCUT2D eigenvalue weighted by atomic mass is 10.1. The molecule has 0 fully saturated rings. The Balaban J connectivity index is 2.98. The second-order valence-electron chi connectivity index (χ2n) is 2.86. The van der Waals surface area contributed by atoms with Crippen LogP contribution in [0.3, 0.4) is 0 Å². The first-order valence-corrected chi connectivity index (χ1v) is 5.25. The van der Waals surface area contributed by atoms with Crippen molar-refractivity contribution in [3.05, 3.63) is 27.7 Å². The maximum Gasteiger partial charge on any atom is 0.156 e. The summed E-state index contributed by atoms with van der Waals surface area (Å²) < 4.78 is 5.31. The van der Waals surface area contributed by atoms with Crippen LogP contribution in [0.5, 0.6) is 5.75 Å². The summed E-state index contributed by atoms with van der Waals surface area (Å²) in [5, 5.41) is 1.09. The highest BCUT2D eigenvalue weighted by atomic mass is 35.5. The standard InChI is InChI=1S/C10H13Cl2NO/c1-2-14-10-8(11)5-7(3-4-13)6-9(10)12/h5-6H,2-4,13H2,1H3. The molecule has 0 aliphatic rings. The van der Waals surface area contributed by atoms with Gasteiger partial charge in [-0.3, -0.25) is 0 Å². The number of ether oxygens (including phenoxy) is 1. The molecule has 0 aliphatic heterocycles. The SMILES string of the molecule is CCOc1c(Cl)cc(CCN)cc1Cl. The van der Waals surface area contributed by atoms with Crippen LogP contribution in [0.15, 0.2) is 12.1 Å². The number of rotatable bonds is 4. The Hall–Kier alpha value is -0.440. The van der Waals surface area contributed by atoms with Crippen molar-refractivity contribution >= 4 is 23.2 Å². The van der Waals surface area contributed by atoms with Crippen molar-refractivity contribution < 1.29 is 4.74 Å². The summed E-state index contributed by atoms with van der Waals surface area (Å²) >= 11 is 12.0. The third-order valence-electron chi connectivity index (χ3n) is 1.78. The van der Waals surface area contributed by atoms with Gasteiger partial charge in [0.2, 0.25) is 0 Å². The van der Waals surface area contributed by atoms with E-state index in [2.05, 4.69) is 0 Å². The molecule has 0 bridgehead atoms. The van der Waals surface area contributed by atoms with Gasteiger partial charge in [0, 0.05) is 0 Å². The predicted octanol–water partition coefficient (Wildman–Crippen LogP) is 2.89. The Kier molecular flexibility index (Phi) is 4.52. The first kappa shape index (κ1) is 11.6. The highest BCUT2D eigenvalue weighted by Crippen LogP contribution is 2.34. The van der Waals surface area contributed by atoms with E-state index in [1.165, 1.54) is 0 Å². The number of hydrogen-bond acceptors (Lipinski definition) is 2. The van der Waals surface area contributed by atoms with Gasteiger partial charge in [-0.05, 0) is 37.6 Å². The van der Waals surface area contributed by atoms with E-state index in [1.807, 2.05) is 19.1 Å². The molecule has 0 heterocycles. The molecule has 0 atom stereocenters. The lowest BCUT2D eigenvalue weighted by molar-refractivity contribution is 0.340. The van der Waals surface area contributed by atoms with Gasteiger partial charge in [-0.1, -0.05) is 23.2 Å². The topological polar surface area (TPSA) is 35.2 Å². The second kappa shape index (κ2) is 5.44. The van der Waals surface area contributed by atoms with Crippen LogP contribution in [0.25, 0.3) is 0 Å². The van der Waals surface area contributed by atoms with E-state index in [-0.39, 0.29) is 0 Å². The Bertz CT molecular complexity index is 292. The molecule has 1 aromatic carbocycles. The number of halogens is 2. The lowest BCUT2D eigenvalue weighted by Crippen LogP contribution is -2.03. The summed E-state index contributed by atoms with van der Waals surface area (Å²) in [6, 6.07) is 3.68. The van der Waals surface area contributed by atoms with Gasteiger partial charge in [0.05, 0.1) is 16.7 Å². The normalized spacial score (nSPS) is 10.3. The quantitative estimate of drug-likeness (QED) is 0.869. The summed E-state index contributed by atoms with van der Waals surface area (Å²) in [4.78, 5) is 0. The van der Waals surface area contributed by atoms with Gasteiger partial charge in [-0.2, -0.15) is 0 Å². The first-order valence-electron chi connectivity index (χ1n) is 4.49. The largest absolute Gasteiger partial charge is 0.491 e. The molecule has 0 unspecified atom stereocenters. The average Bonchev–Trinajstić information content (AvgIpc) is 2.12. The zero-order chi connectivity index (χ0) is 10.6. The van der Waals surface area contributed by atoms with Crippen LogP contribution in [-0.2, 0) is 6.42 Å². The molecule has 78 valence electrons. The molecule has 1 rings (SSSR count). The minimum absolute atomic E-state index is 0.544. The fourth-order valence-electron chi connectivity index (χ4n) is 1.21. The number of benzene rings is 1. The number of hydrogen-bond donors (Lipinski definition) is 1. The molecule has 0 saturated heterocycles. The van der Waals surface area contributed by atoms with E-state index in [0.29, 0.717) is 28.9 Å². The molecule has 2 nitrogen and oxygen atoms in total. The van der Waals surface area contributed by atoms with E-state index in [4.69, 9.17) is 33.7 Å². The van der Waals surface area contributed by atoms with Crippen LogP contribution in [0.2, 0.25) is 10.0 Å². The maximum absolute atomic E-state index is 6.00.